The minimum Gasteiger partial charge on any atom is -0.354 e. The Kier molecular flexibility index (Phi) is 11.3. The zero-order valence-electron chi connectivity index (χ0n) is 18.8. The van der Waals surface area contributed by atoms with Crippen LogP contribution in [0.2, 0.25) is 15.1 Å². The Labute approximate surface area is 214 Å². The average molecular weight is 534 g/mol. The maximum atomic E-state index is 14.1. The predicted molar refractivity (Wildman–Crippen MR) is 137 cm³/mol. The van der Waals surface area contributed by atoms with Crippen LogP contribution in [-0.4, -0.2) is 35.1 Å². The highest BCUT2D eigenvalue weighted by Crippen LogP contribution is 2.28. The Morgan fingerprint density at radius 1 is 1.03 bits per heavy atom. The van der Waals surface area contributed by atoms with Crippen LogP contribution in [0.3, 0.4) is 0 Å². The first-order chi connectivity index (χ1) is 15.6. The number of nitrogens with zero attached hydrogens (tertiary/aromatic N) is 1. The quantitative estimate of drug-likeness (QED) is 0.354. The van der Waals surface area contributed by atoms with Gasteiger partial charge in [0, 0.05) is 45.0 Å². The smallest absolute Gasteiger partial charge is 0.242 e. The van der Waals surface area contributed by atoms with Crippen molar-refractivity contribution in [2.45, 2.75) is 45.5 Å². The monoisotopic (exact) mass is 532 g/mol. The molecule has 0 saturated heterocycles. The summed E-state index contributed by atoms with van der Waals surface area (Å²) in [5.74, 6) is -0.370. The molecule has 33 heavy (non-hydrogen) atoms. The van der Waals surface area contributed by atoms with E-state index in [2.05, 4.69) is 5.32 Å². The molecule has 0 heterocycles. The van der Waals surface area contributed by atoms with E-state index in [1.54, 1.807) is 24.3 Å². The fraction of sp³-hybridized carbons (Fsp3) is 0.417. The van der Waals surface area contributed by atoms with Gasteiger partial charge >= 0.3 is 0 Å². The molecule has 2 aromatic rings. The predicted octanol–water partition coefficient (Wildman–Crippen LogP) is 6.60. The van der Waals surface area contributed by atoms with Gasteiger partial charge in [0.15, 0.2) is 0 Å². The molecular formula is C24H28Cl3FN2O2S. The van der Waals surface area contributed by atoms with E-state index in [1.807, 2.05) is 20.8 Å². The maximum absolute atomic E-state index is 14.1. The number of halogens is 4. The number of amides is 2. The minimum absolute atomic E-state index is 0.0424. The molecule has 0 aliphatic carbocycles. The van der Waals surface area contributed by atoms with Gasteiger partial charge in [-0.05, 0) is 36.6 Å². The van der Waals surface area contributed by atoms with Crippen LogP contribution in [0.15, 0.2) is 36.4 Å². The third-order valence-corrected chi connectivity index (χ3v) is 7.00. The molecule has 0 fully saturated rings. The van der Waals surface area contributed by atoms with E-state index in [9.17, 15) is 14.0 Å². The minimum atomic E-state index is -0.693. The summed E-state index contributed by atoms with van der Waals surface area (Å²) in [6.45, 7) is 6.44. The first-order valence-corrected chi connectivity index (χ1v) is 12.9. The lowest BCUT2D eigenvalue weighted by Gasteiger charge is -2.31. The Bertz CT molecular complexity index is 934. The van der Waals surface area contributed by atoms with Gasteiger partial charge in [-0.15, -0.1) is 11.8 Å². The molecule has 180 valence electrons. The fourth-order valence-electron chi connectivity index (χ4n) is 3.19. The van der Waals surface area contributed by atoms with E-state index >= 15 is 0 Å². The zero-order valence-corrected chi connectivity index (χ0v) is 21.9. The molecule has 0 aliphatic heterocycles. The van der Waals surface area contributed by atoms with E-state index in [0.29, 0.717) is 39.2 Å². The Hall–Kier alpha value is -1.47. The summed E-state index contributed by atoms with van der Waals surface area (Å²) in [5.41, 5.74) is 0.922. The molecule has 0 bridgehead atoms. The van der Waals surface area contributed by atoms with Crippen molar-refractivity contribution in [2.24, 2.45) is 5.92 Å². The lowest BCUT2D eigenvalue weighted by atomic mass is 10.1. The number of benzene rings is 2. The van der Waals surface area contributed by atoms with Gasteiger partial charge in [0.25, 0.3) is 0 Å². The van der Waals surface area contributed by atoms with Gasteiger partial charge in [0.05, 0.1) is 5.75 Å². The van der Waals surface area contributed by atoms with Crippen molar-refractivity contribution in [3.8, 4) is 0 Å². The van der Waals surface area contributed by atoms with Crippen molar-refractivity contribution < 1.29 is 14.0 Å². The maximum Gasteiger partial charge on any atom is 0.242 e. The second kappa shape index (κ2) is 13.4. The molecule has 2 amide bonds. The van der Waals surface area contributed by atoms with E-state index in [-0.39, 0.29) is 35.8 Å². The summed E-state index contributed by atoms with van der Waals surface area (Å²) < 4.78 is 14.1. The summed E-state index contributed by atoms with van der Waals surface area (Å²) in [5, 5.41) is 4.06. The van der Waals surface area contributed by atoms with Crippen LogP contribution in [0, 0.1) is 11.7 Å². The van der Waals surface area contributed by atoms with E-state index in [0.717, 1.165) is 0 Å². The first kappa shape index (κ1) is 27.8. The van der Waals surface area contributed by atoms with E-state index < -0.39 is 11.9 Å². The van der Waals surface area contributed by atoms with Crippen LogP contribution in [0.1, 0.15) is 38.3 Å². The number of carbonyl (C=O) groups excluding carboxylic acids is 2. The van der Waals surface area contributed by atoms with Gasteiger partial charge in [0.1, 0.15) is 11.9 Å². The molecule has 0 aromatic heterocycles. The Morgan fingerprint density at radius 2 is 1.61 bits per heavy atom. The molecule has 2 aromatic carbocycles. The number of rotatable bonds is 11. The van der Waals surface area contributed by atoms with Gasteiger partial charge < -0.3 is 10.2 Å². The highest BCUT2D eigenvalue weighted by Gasteiger charge is 2.29. The lowest BCUT2D eigenvalue weighted by Crippen LogP contribution is -2.50. The molecular weight excluding hydrogens is 506 g/mol. The SMILES string of the molecule is CC[C@H](C(=O)NCC(C)C)N(Cc1c(Cl)cccc1Cl)C(=O)CSCc1c(F)cccc1Cl. The van der Waals surface area contributed by atoms with Crippen LogP contribution in [0.25, 0.3) is 0 Å². The molecule has 1 N–H and O–H groups in total. The first-order valence-electron chi connectivity index (χ1n) is 10.7. The molecule has 2 rings (SSSR count). The molecule has 9 heteroatoms. The van der Waals surface area contributed by atoms with Gasteiger partial charge in [-0.1, -0.05) is 67.7 Å². The fourth-order valence-corrected chi connectivity index (χ4v) is 4.96. The summed E-state index contributed by atoms with van der Waals surface area (Å²) in [7, 11) is 0. The number of carbonyl (C=O) groups is 2. The van der Waals surface area contributed by atoms with Crippen LogP contribution >= 0.6 is 46.6 Å². The van der Waals surface area contributed by atoms with Crippen molar-refractivity contribution >= 4 is 58.4 Å². The highest BCUT2D eigenvalue weighted by molar-refractivity contribution is 7.99. The second-order valence-corrected chi connectivity index (χ2v) is 10.2. The van der Waals surface area contributed by atoms with Gasteiger partial charge in [-0.25, -0.2) is 4.39 Å². The van der Waals surface area contributed by atoms with E-state index in [4.69, 9.17) is 34.8 Å². The normalized spacial score (nSPS) is 12.0. The number of nitrogens with one attached hydrogen (secondary N) is 1. The van der Waals surface area contributed by atoms with Gasteiger partial charge in [-0.3, -0.25) is 9.59 Å². The average Bonchev–Trinajstić information content (AvgIpc) is 2.76. The van der Waals surface area contributed by atoms with Crippen molar-refractivity contribution in [1.29, 1.82) is 0 Å². The highest BCUT2D eigenvalue weighted by atomic mass is 35.5. The molecule has 0 aliphatic rings. The number of hydrogen-bond acceptors (Lipinski definition) is 3. The van der Waals surface area contributed by atoms with Crippen LogP contribution in [0.5, 0.6) is 0 Å². The van der Waals surface area contributed by atoms with Crippen molar-refractivity contribution in [3.63, 3.8) is 0 Å². The van der Waals surface area contributed by atoms with Crippen LogP contribution in [-0.2, 0) is 21.9 Å². The van der Waals surface area contributed by atoms with Crippen molar-refractivity contribution in [2.75, 3.05) is 12.3 Å². The third-order valence-electron chi connectivity index (χ3n) is 4.99. The van der Waals surface area contributed by atoms with Gasteiger partial charge in [-0.2, -0.15) is 0 Å². The molecule has 4 nitrogen and oxygen atoms in total. The number of thioether (sulfide) groups is 1. The molecule has 0 spiro atoms. The van der Waals surface area contributed by atoms with Crippen molar-refractivity contribution in [1.82, 2.24) is 10.2 Å². The summed E-state index contributed by atoms with van der Waals surface area (Å²) in [6.07, 6.45) is 0.418. The molecule has 1 atom stereocenters. The topological polar surface area (TPSA) is 49.4 Å². The van der Waals surface area contributed by atoms with E-state index in [1.165, 1.54) is 28.8 Å². The van der Waals surface area contributed by atoms with Crippen LogP contribution in [0.4, 0.5) is 4.39 Å². The summed E-state index contributed by atoms with van der Waals surface area (Å²) >= 11 is 20.0. The third kappa shape index (κ3) is 8.06. The molecule has 0 saturated carbocycles. The number of hydrogen-bond donors (Lipinski definition) is 1. The van der Waals surface area contributed by atoms with Crippen molar-refractivity contribution in [3.05, 3.63) is 68.4 Å². The Morgan fingerprint density at radius 3 is 2.15 bits per heavy atom. The second-order valence-electron chi connectivity index (χ2n) is 7.98. The van der Waals surface area contributed by atoms with Gasteiger partial charge in [0.2, 0.25) is 11.8 Å². The molecule has 0 radical (unpaired) electrons. The lowest BCUT2D eigenvalue weighted by molar-refractivity contribution is -0.139. The largest absolute Gasteiger partial charge is 0.354 e. The summed E-state index contributed by atoms with van der Waals surface area (Å²) in [6, 6.07) is 8.90. The standard InChI is InChI=1S/C24H28Cl3FN2O2S/c1-4-22(24(32)29-11-15(2)3)30(12-16-18(25)7-5-8-19(16)26)23(31)14-33-13-17-20(27)9-6-10-21(17)28/h5-10,15,22H,4,11-14H2,1-3H3,(H,29,32)/t22-/m1/s1. The zero-order chi connectivity index (χ0) is 24.5. The molecule has 0 unspecified atom stereocenters. The Balaban J connectivity index is 2.22. The van der Waals surface area contributed by atoms with Crippen LogP contribution < -0.4 is 5.32 Å². The summed E-state index contributed by atoms with van der Waals surface area (Å²) in [4.78, 5) is 27.7.